The highest BCUT2D eigenvalue weighted by Crippen LogP contribution is 2.38. The van der Waals surface area contributed by atoms with Crippen LogP contribution in [0.4, 0.5) is 0 Å². The smallest absolute Gasteiger partial charge is 0.340 e. The second-order valence-corrected chi connectivity index (χ2v) is 5.49. The fraction of sp³-hybridized carbons (Fsp3) is 0.438. The third kappa shape index (κ3) is 2.34. The summed E-state index contributed by atoms with van der Waals surface area (Å²) in [6, 6.07) is 6.39. The summed E-state index contributed by atoms with van der Waals surface area (Å²) in [4.78, 5) is 37.8. The average Bonchev–Trinajstić information content (AvgIpc) is 3.06. The van der Waals surface area contributed by atoms with Gasteiger partial charge < -0.3 is 10.1 Å². The van der Waals surface area contributed by atoms with Crippen molar-refractivity contribution in [1.29, 1.82) is 0 Å². The van der Waals surface area contributed by atoms with Crippen molar-refractivity contribution < 1.29 is 19.1 Å². The predicted molar refractivity (Wildman–Crippen MR) is 77.8 cm³/mol. The Morgan fingerprint density at radius 2 is 2.14 bits per heavy atom. The van der Waals surface area contributed by atoms with E-state index in [0.29, 0.717) is 30.5 Å². The van der Waals surface area contributed by atoms with E-state index in [1.165, 1.54) is 4.90 Å². The van der Waals surface area contributed by atoms with Gasteiger partial charge in [-0.15, -0.1) is 0 Å². The molecule has 2 atom stereocenters. The number of likely N-dealkylation sites (tertiary alicyclic amines) is 1. The van der Waals surface area contributed by atoms with Crippen molar-refractivity contribution >= 4 is 17.8 Å². The van der Waals surface area contributed by atoms with Crippen LogP contribution in [0.2, 0.25) is 0 Å². The van der Waals surface area contributed by atoms with Crippen LogP contribution in [0.3, 0.4) is 0 Å². The lowest BCUT2D eigenvalue weighted by atomic mass is 10.1. The molecule has 2 unspecified atom stereocenters. The number of hydrogen-bond acceptors (Lipinski definition) is 4. The molecule has 1 aromatic carbocycles. The van der Waals surface area contributed by atoms with Gasteiger partial charge in [0.25, 0.3) is 0 Å². The van der Waals surface area contributed by atoms with Gasteiger partial charge in [-0.25, -0.2) is 4.79 Å². The van der Waals surface area contributed by atoms with E-state index >= 15 is 0 Å². The van der Waals surface area contributed by atoms with Crippen LogP contribution in [0, 0.1) is 0 Å². The molecule has 1 fully saturated rings. The first-order chi connectivity index (χ1) is 10.6. The van der Waals surface area contributed by atoms with E-state index in [0.717, 1.165) is 6.42 Å². The Kier molecular flexibility index (Phi) is 3.83. The molecule has 2 amide bonds. The highest BCUT2D eigenvalue weighted by molar-refractivity contribution is 5.96. The normalized spacial score (nSPS) is 23.4. The van der Waals surface area contributed by atoms with E-state index in [-0.39, 0.29) is 11.8 Å². The number of amides is 2. The Morgan fingerprint density at radius 3 is 2.91 bits per heavy atom. The van der Waals surface area contributed by atoms with Crippen molar-refractivity contribution in [3.05, 3.63) is 35.4 Å². The second-order valence-electron chi connectivity index (χ2n) is 5.49. The molecule has 0 aliphatic carbocycles. The number of nitrogens with one attached hydrogen (secondary N) is 1. The van der Waals surface area contributed by atoms with Gasteiger partial charge in [-0.2, -0.15) is 0 Å². The third-order valence-corrected chi connectivity index (χ3v) is 4.03. The molecule has 0 aromatic heterocycles. The average molecular weight is 302 g/mol. The van der Waals surface area contributed by atoms with E-state index in [4.69, 9.17) is 4.74 Å². The maximum atomic E-state index is 12.3. The van der Waals surface area contributed by atoms with E-state index < -0.39 is 18.2 Å². The molecule has 6 nitrogen and oxygen atoms in total. The summed E-state index contributed by atoms with van der Waals surface area (Å²) in [6.45, 7) is 2.53. The summed E-state index contributed by atoms with van der Waals surface area (Å²) >= 11 is 0. The largest absolute Gasteiger partial charge is 0.433 e. The second kappa shape index (κ2) is 5.79. The fourth-order valence-corrected chi connectivity index (χ4v) is 2.95. The van der Waals surface area contributed by atoms with Gasteiger partial charge in [0.1, 0.15) is 6.04 Å². The van der Waals surface area contributed by atoms with Crippen LogP contribution >= 0.6 is 0 Å². The fourth-order valence-electron chi connectivity index (χ4n) is 2.95. The van der Waals surface area contributed by atoms with E-state index in [2.05, 4.69) is 5.32 Å². The number of ether oxygens (including phenoxy) is 1. The molecule has 0 saturated carbocycles. The molecular formula is C16H18N2O4. The van der Waals surface area contributed by atoms with E-state index in [9.17, 15) is 14.4 Å². The molecule has 3 rings (SSSR count). The molecule has 22 heavy (non-hydrogen) atoms. The maximum Gasteiger partial charge on any atom is 0.340 e. The summed E-state index contributed by atoms with van der Waals surface area (Å²) < 4.78 is 5.36. The molecule has 6 heteroatoms. The molecule has 0 radical (unpaired) electrons. The lowest BCUT2D eigenvalue weighted by Crippen LogP contribution is -2.46. The number of nitrogens with zero attached hydrogens (tertiary/aromatic N) is 1. The van der Waals surface area contributed by atoms with Crippen LogP contribution < -0.4 is 5.32 Å². The van der Waals surface area contributed by atoms with Crippen LogP contribution in [-0.2, 0) is 14.3 Å². The van der Waals surface area contributed by atoms with Gasteiger partial charge in [-0.1, -0.05) is 25.1 Å². The number of esters is 1. The molecular weight excluding hydrogens is 284 g/mol. The van der Waals surface area contributed by atoms with Crippen LogP contribution in [0.25, 0.3) is 0 Å². The van der Waals surface area contributed by atoms with Crippen molar-refractivity contribution in [3.63, 3.8) is 0 Å². The molecule has 2 heterocycles. The first kappa shape index (κ1) is 14.6. The Balaban J connectivity index is 1.88. The summed E-state index contributed by atoms with van der Waals surface area (Å²) in [6.07, 6.45) is 0.773. The Morgan fingerprint density at radius 1 is 1.36 bits per heavy atom. The molecule has 1 N–H and O–H groups in total. The number of fused-ring (bicyclic) bond motifs is 1. The minimum atomic E-state index is -0.795. The van der Waals surface area contributed by atoms with Gasteiger partial charge in [-0.3, -0.25) is 14.5 Å². The van der Waals surface area contributed by atoms with E-state index in [1.54, 1.807) is 24.3 Å². The minimum Gasteiger partial charge on any atom is -0.433 e. The topological polar surface area (TPSA) is 75.7 Å². The highest BCUT2D eigenvalue weighted by atomic mass is 16.6. The molecule has 0 spiro atoms. The van der Waals surface area contributed by atoms with Crippen molar-refractivity contribution in [1.82, 2.24) is 10.2 Å². The number of hydrogen-bond donors (Lipinski definition) is 1. The van der Waals surface area contributed by atoms with Gasteiger partial charge in [0.05, 0.1) is 5.56 Å². The van der Waals surface area contributed by atoms with Crippen molar-refractivity contribution in [2.24, 2.45) is 0 Å². The summed E-state index contributed by atoms with van der Waals surface area (Å²) in [5.74, 6) is -0.799. The Hall–Kier alpha value is -2.37. The molecule has 1 saturated heterocycles. The van der Waals surface area contributed by atoms with Crippen LogP contribution in [0.5, 0.6) is 0 Å². The number of benzene rings is 1. The predicted octanol–water partition coefficient (Wildman–Crippen LogP) is 1.37. The van der Waals surface area contributed by atoms with Crippen LogP contribution in [0.1, 0.15) is 48.3 Å². The van der Waals surface area contributed by atoms with E-state index in [1.807, 2.05) is 6.92 Å². The van der Waals surface area contributed by atoms with Crippen LogP contribution in [-0.4, -0.2) is 35.3 Å². The number of carbonyl (C=O) groups excluding carboxylic acids is 3. The Labute approximate surface area is 128 Å². The maximum absolute atomic E-state index is 12.3. The molecule has 1 aromatic rings. The molecule has 2 aliphatic heterocycles. The summed E-state index contributed by atoms with van der Waals surface area (Å²) in [5, 5.41) is 2.81. The number of cyclic esters (lactones) is 1. The third-order valence-electron chi connectivity index (χ3n) is 4.03. The zero-order valence-electron chi connectivity index (χ0n) is 12.4. The van der Waals surface area contributed by atoms with Gasteiger partial charge in [0.2, 0.25) is 18.0 Å². The lowest BCUT2D eigenvalue weighted by Gasteiger charge is -2.29. The zero-order chi connectivity index (χ0) is 15.7. The highest BCUT2D eigenvalue weighted by Gasteiger charge is 2.46. The zero-order valence-corrected chi connectivity index (χ0v) is 12.4. The van der Waals surface area contributed by atoms with Gasteiger partial charge >= 0.3 is 5.97 Å². The van der Waals surface area contributed by atoms with Gasteiger partial charge in [0.15, 0.2) is 0 Å². The number of rotatable bonds is 4. The van der Waals surface area contributed by atoms with Crippen molar-refractivity contribution in [2.75, 3.05) is 6.54 Å². The summed E-state index contributed by atoms with van der Waals surface area (Å²) in [7, 11) is 0. The quantitative estimate of drug-likeness (QED) is 0.852. The van der Waals surface area contributed by atoms with Gasteiger partial charge in [-0.05, 0) is 18.9 Å². The standard InChI is InChI=1S/C16H18N2O4/c1-2-9-17-14(20)12-7-8-13(19)18(12)15-10-5-3-4-6-11(10)16(21)22-15/h3-6,12,15H,2,7-9H2,1H3,(H,17,20). The minimum absolute atomic E-state index is 0.161. The molecule has 2 aliphatic rings. The monoisotopic (exact) mass is 302 g/mol. The van der Waals surface area contributed by atoms with Crippen LogP contribution in [0.15, 0.2) is 24.3 Å². The SMILES string of the molecule is CCCNC(=O)C1CCC(=O)N1C1OC(=O)c2ccccc21. The first-order valence-corrected chi connectivity index (χ1v) is 7.52. The first-order valence-electron chi connectivity index (χ1n) is 7.52. The molecule has 116 valence electrons. The Bertz CT molecular complexity index is 628. The van der Waals surface area contributed by atoms with Crippen molar-refractivity contribution in [3.8, 4) is 0 Å². The summed E-state index contributed by atoms with van der Waals surface area (Å²) in [5.41, 5.74) is 1.11. The lowest BCUT2D eigenvalue weighted by molar-refractivity contribution is -0.145. The molecule has 0 bridgehead atoms. The number of carbonyl (C=O) groups is 3. The van der Waals surface area contributed by atoms with Gasteiger partial charge in [0, 0.05) is 18.5 Å². The van der Waals surface area contributed by atoms with Crippen molar-refractivity contribution in [2.45, 2.75) is 38.5 Å².